The molecule has 4 amide bonds. The molecular formula is C22H28N4O5. The number of fused-ring (bicyclic) bond motifs is 1. The lowest BCUT2D eigenvalue weighted by Gasteiger charge is -2.52. The van der Waals surface area contributed by atoms with Crippen LogP contribution < -0.4 is 10.2 Å². The van der Waals surface area contributed by atoms with Gasteiger partial charge in [-0.25, -0.2) is 4.79 Å². The predicted molar refractivity (Wildman–Crippen MR) is 116 cm³/mol. The minimum absolute atomic E-state index is 0.00287. The lowest BCUT2D eigenvalue weighted by molar-refractivity contribution is -0.384. The molecule has 0 saturated carbocycles. The van der Waals surface area contributed by atoms with E-state index in [9.17, 15) is 24.5 Å². The number of carbonyl (C=O) groups is 3. The number of non-ortho nitro benzene ring substituents is 1. The fourth-order valence-corrected chi connectivity index (χ4v) is 4.69. The Kier molecular flexibility index (Phi) is 6.42. The summed E-state index contributed by atoms with van der Waals surface area (Å²) < 4.78 is 0. The number of carbonyl (C=O) groups excluding carboxylic acids is 3. The molecule has 0 aliphatic carbocycles. The molecule has 1 spiro atoms. The maximum absolute atomic E-state index is 13.7. The second kappa shape index (κ2) is 8.87. The van der Waals surface area contributed by atoms with Crippen molar-refractivity contribution in [3.8, 4) is 0 Å². The molecule has 2 aliphatic heterocycles. The number of amides is 4. The van der Waals surface area contributed by atoms with Crippen molar-refractivity contribution in [1.82, 2.24) is 10.2 Å². The third-order valence-corrected chi connectivity index (χ3v) is 6.12. The van der Waals surface area contributed by atoms with Gasteiger partial charge in [0.05, 0.1) is 11.0 Å². The Labute approximate surface area is 181 Å². The predicted octanol–water partition coefficient (Wildman–Crippen LogP) is 3.18. The Morgan fingerprint density at radius 3 is 2.65 bits per heavy atom. The summed E-state index contributed by atoms with van der Waals surface area (Å²) in [5.74, 6) is -1.21. The van der Waals surface area contributed by atoms with Crippen molar-refractivity contribution in [2.75, 3.05) is 18.0 Å². The number of nitrogens with one attached hydrogen (secondary N) is 1. The van der Waals surface area contributed by atoms with Crippen molar-refractivity contribution in [1.29, 1.82) is 0 Å². The third kappa shape index (κ3) is 3.68. The van der Waals surface area contributed by atoms with Crippen molar-refractivity contribution in [3.05, 3.63) is 46.5 Å². The zero-order valence-corrected chi connectivity index (χ0v) is 17.9. The van der Waals surface area contributed by atoms with Crippen LogP contribution in [0.5, 0.6) is 0 Å². The highest BCUT2D eigenvalue weighted by Crippen LogP contribution is 2.46. The maximum atomic E-state index is 13.7. The molecule has 0 radical (unpaired) electrons. The first kappa shape index (κ1) is 22.5. The molecule has 9 heteroatoms. The van der Waals surface area contributed by atoms with Gasteiger partial charge in [0.25, 0.3) is 5.69 Å². The van der Waals surface area contributed by atoms with Crippen molar-refractivity contribution in [3.63, 3.8) is 0 Å². The van der Waals surface area contributed by atoms with Gasteiger partial charge in [-0.05, 0) is 24.5 Å². The number of hydrogen-bond acceptors (Lipinski definition) is 6. The molecule has 9 nitrogen and oxygen atoms in total. The van der Waals surface area contributed by atoms with Gasteiger partial charge in [0.1, 0.15) is 0 Å². The number of anilines is 1. The van der Waals surface area contributed by atoms with Crippen molar-refractivity contribution in [2.45, 2.75) is 52.0 Å². The van der Waals surface area contributed by atoms with E-state index in [2.05, 4.69) is 11.9 Å². The first-order valence-corrected chi connectivity index (χ1v) is 10.6. The molecule has 1 N–H and O–H groups in total. The number of imide groups is 2. The van der Waals surface area contributed by atoms with Crippen LogP contribution in [0, 0.1) is 15.5 Å². The number of rotatable bonds is 8. The molecule has 1 aromatic rings. The molecule has 166 valence electrons. The number of nitro benzene ring substituents is 1. The van der Waals surface area contributed by atoms with Gasteiger partial charge in [0.15, 0.2) is 5.41 Å². The first-order chi connectivity index (χ1) is 14.8. The second-order valence-electron chi connectivity index (χ2n) is 8.03. The molecule has 1 aromatic carbocycles. The molecule has 0 unspecified atom stereocenters. The van der Waals surface area contributed by atoms with Gasteiger partial charge in [-0.2, -0.15) is 0 Å². The molecule has 3 rings (SSSR count). The number of urea groups is 1. The SMILES string of the molecule is C=CCN1C(=O)NC(=O)[C@@]2(Cc3cc([N+](=O)[O-])ccc3N(CCCC)[C@H]2CCC)C1=O. The van der Waals surface area contributed by atoms with E-state index in [-0.39, 0.29) is 18.7 Å². The monoisotopic (exact) mass is 428 g/mol. The molecule has 2 heterocycles. The van der Waals surface area contributed by atoms with Crippen LogP contribution in [0.4, 0.5) is 16.2 Å². The smallest absolute Gasteiger partial charge is 0.331 e. The van der Waals surface area contributed by atoms with E-state index in [1.165, 1.54) is 18.2 Å². The number of unbranched alkanes of at least 4 members (excludes halogenated alkanes) is 1. The van der Waals surface area contributed by atoms with Crippen LogP contribution in [-0.2, 0) is 16.0 Å². The highest BCUT2D eigenvalue weighted by molar-refractivity contribution is 6.20. The Balaban J connectivity index is 2.22. The zero-order valence-electron chi connectivity index (χ0n) is 17.9. The lowest BCUT2D eigenvalue weighted by atomic mass is 9.67. The quantitative estimate of drug-likeness (QED) is 0.294. The third-order valence-electron chi connectivity index (χ3n) is 6.12. The summed E-state index contributed by atoms with van der Waals surface area (Å²) >= 11 is 0. The van der Waals surface area contributed by atoms with E-state index < -0.39 is 34.2 Å². The van der Waals surface area contributed by atoms with Crippen LogP contribution in [0.1, 0.15) is 45.1 Å². The van der Waals surface area contributed by atoms with Crippen LogP contribution >= 0.6 is 0 Å². The van der Waals surface area contributed by atoms with Crippen molar-refractivity contribution in [2.24, 2.45) is 5.41 Å². The zero-order chi connectivity index (χ0) is 22.8. The number of nitro groups is 1. The van der Waals surface area contributed by atoms with Crippen molar-refractivity contribution < 1.29 is 19.3 Å². The summed E-state index contributed by atoms with van der Waals surface area (Å²) in [5, 5.41) is 13.7. The van der Waals surface area contributed by atoms with Gasteiger partial charge in [-0.15, -0.1) is 6.58 Å². The van der Waals surface area contributed by atoms with Crippen LogP contribution in [-0.4, -0.2) is 46.8 Å². The van der Waals surface area contributed by atoms with Gasteiger partial charge < -0.3 is 4.90 Å². The standard InChI is InChI=1S/C22H28N4O5/c1-4-7-12-24-17-10-9-16(26(30)31)13-15(17)14-22(18(24)8-5-2)19(27)23-21(29)25(11-6-3)20(22)28/h6,9-10,13,18H,3-5,7-8,11-12,14H2,1-2H3,(H,23,27,29)/t18-,22-/m0/s1. The summed E-state index contributed by atoms with van der Waals surface area (Å²) in [4.78, 5) is 53.3. The van der Waals surface area contributed by atoms with E-state index in [0.29, 0.717) is 18.5 Å². The van der Waals surface area contributed by atoms with Crippen LogP contribution in [0.25, 0.3) is 0 Å². The molecule has 2 aliphatic rings. The summed E-state index contributed by atoms with van der Waals surface area (Å²) in [6.07, 6.45) is 4.47. The van der Waals surface area contributed by atoms with E-state index in [1.54, 1.807) is 6.07 Å². The second-order valence-corrected chi connectivity index (χ2v) is 8.03. The summed E-state index contributed by atoms with van der Waals surface area (Å²) in [7, 11) is 0. The summed E-state index contributed by atoms with van der Waals surface area (Å²) in [5.41, 5.74) is -0.269. The summed E-state index contributed by atoms with van der Waals surface area (Å²) in [6, 6.07) is 3.37. The summed E-state index contributed by atoms with van der Waals surface area (Å²) in [6.45, 7) is 8.22. The number of nitrogens with zero attached hydrogens (tertiary/aromatic N) is 3. The lowest BCUT2D eigenvalue weighted by Crippen LogP contribution is -2.72. The van der Waals surface area contributed by atoms with Gasteiger partial charge in [0, 0.05) is 37.3 Å². The van der Waals surface area contributed by atoms with E-state index >= 15 is 0 Å². The fraction of sp³-hybridized carbons (Fsp3) is 0.500. The minimum atomic E-state index is -1.54. The Hall–Kier alpha value is -3.23. The Morgan fingerprint density at radius 1 is 1.29 bits per heavy atom. The first-order valence-electron chi connectivity index (χ1n) is 10.6. The van der Waals surface area contributed by atoms with E-state index in [0.717, 1.165) is 29.8 Å². The largest absolute Gasteiger partial charge is 0.367 e. The molecule has 2 atom stereocenters. The highest BCUT2D eigenvalue weighted by atomic mass is 16.6. The van der Waals surface area contributed by atoms with Crippen LogP contribution in [0.15, 0.2) is 30.9 Å². The maximum Gasteiger partial charge on any atom is 0.331 e. The van der Waals surface area contributed by atoms with Crippen molar-refractivity contribution >= 4 is 29.2 Å². The number of benzene rings is 1. The van der Waals surface area contributed by atoms with E-state index in [1.807, 2.05) is 18.7 Å². The molecule has 31 heavy (non-hydrogen) atoms. The molecule has 1 fully saturated rings. The number of hydrogen-bond donors (Lipinski definition) is 1. The molecular weight excluding hydrogens is 400 g/mol. The fourth-order valence-electron chi connectivity index (χ4n) is 4.69. The van der Waals surface area contributed by atoms with Gasteiger partial charge in [0.2, 0.25) is 11.8 Å². The van der Waals surface area contributed by atoms with E-state index in [4.69, 9.17) is 0 Å². The Bertz CT molecular complexity index is 930. The normalized spacial score (nSPS) is 23.0. The van der Waals surface area contributed by atoms with Gasteiger partial charge >= 0.3 is 6.03 Å². The van der Waals surface area contributed by atoms with Crippen LogP contribution in [0.3, 0.4) is 0 Å². The van der Waals surface area contributed by atoms with Crippen LogP contribution in [0.2, 0.25) is 0 Å². The topological polar surface area (TPSA) is 113 Å². The average molecular weight is 428 g/mol. The average Bonchev–Trinajstić information content (AvgIpc) is 2.74. The molecule has 0 aromatic heterocycles. The number of barbiturate groups is 1. The highest BCUT2D eigenvalue weighted by Gasteiger charge is 2.61. The van der Waals surface area contributed by atoms with Gasteiger partial charge in [-0.1, -0.05) is 32.8 Å². The van der Waals surface area contributed by atoms with Gasteiger partial charge in [-0.3, -0.25) is 29.9 Å². The minimum Gasteiger partial charge on any atom is -0.367 e. The molecule has 1 saturated heterocycles. The Morgan fingerprint density at radius 2 is 2.03 bits per heavy atom. The molecule has 0 bridgehead atoms.